The molecule has 2 aromatic heterocycles. The number of nitrogens with zero attached hydrogens (tertiary/aromatic N) is 3. The van der Waals surface area contributed by atoms with E-state index in [1.165, 1.54) is 38.5 Å². The summed E-state index contributed by atoms with van der Waals surface area (Å²) in [4.78, 5) is 16.3. The van der Waals surface area contributed by atoms with Gasteiger partial charge in [-0.2, -0.15) is 9.78 Å². The van der Waals surface area contributed by atoms with E-state index in [-0.39, 0.29) is 5.41 Å². The molecular formula is C23H37N5O2. The predicted molar refractivity (Wildman–Crippen MR) is 122 cm³/mol. The van der Waals surface area contributed by atoms with Crippen LogP contribution >= 0.6 is 0 Å². The van der Waals surface area contributed by atoms with E-state index in [0.29, 0.717) is 23.9 Å². The Kier molecular flexibility index (Phi) is 9.15. The first-order valence-corrected chi connectivity index (χ1v) is 11.1. The molecule has 2 rings (SSSR count). The molecule has 166 valence electrons. The number of hydrogen-bond donors (Lipinski definition) is 2. The van der Waals surface area contributed by atoms with Gasteiger partial charge >= 0.3 is 6.09 Å². The maximum Gasteiger partial charge on any atom is 0.411 e. The molecule has 1 amide bonds. The quantitative estimate of drug-likeness (QED) is 0.450. The van der Waals surface area contributed by atoms with E-state index in [1.54, 1.807) is 23.0 Å². The second-order valence-electron chi connectivity index (χ2n) is 8.76. The van der Waals surface area contributed by atoms with Crippen molar-refractivity contribution in [3.63, 3.8) is 0 Å². The second kappa shape index (κ2) is 11.6. The Morgan fingerprint density at radius 3 is 2.33 bits per heavy atom. The molecule has 0 spiro atoms. The van der Waals surface area contributed by atoms with Gasteiger partial charge in [-0.15, -0.1) is 0 Å². The first-order valence-electron chi connectivity index (χ1n) is 11.1. The van der Waals surface area contributed by atoms with Crippen molar-refractivity contribution in [3.05, 3.63) is 30.1 Å². The zero-order chi connectivity index (χ0) is 22.0. The molecule has 7 nitrogen and oxygen atoms in total. The van der Waals surface area contributed by atoms with Gasteiger partial charge in [0, 0.05) is 11.5 Å². The Bertz CT molecular complexity index is 778. The second-order valence-corrected chi connectivity index (χ2v) is 8.76. The zero-order valence-electron chi connectivity index (χ0n) is 18.9. The molecular weight excluding hydrogens is 378 g/mol. The Morgan fingerprint density at radius 2 is 1.77 bits per heavy atom. The van der Waals surface area contributed by atoms with Crippen molar-refractivity contribution in [2.24, 2.45) is 0 Å². The van der Waals surface area contributed by atoms with Crippen LogP contribution in [0.5, 0.6) is 0 Å². The number of hydrogen-bond acceptors (Lipinski definition) is 5. The number of nitrogens with two attached hydrogens (primary N) is 1. The van der Waals surface area contributed by atoms with E-state index in [0.717, 1.165) is 18.5 Å². The highest BCUT2D eigenvalue weighted by Crippen LogP contribution is 2.24. The molecule has 0 aromatic carbocycles. The van der Waals surface area contributed by atoms with Gasteiger partial charge in [0.25, 0.3) is 0 Å². The summed E-state index contributed by atoms with van der Waals surface area (Å²) in [5, 5.41) is 7.25. The number of carbonyl (C=O) groups excluding carboxylic acids is 1. The number of nitrogen functional groups attached to an aromatic ring is 1. The molecule has 0 aliphatic rings. The van der Waals surface area contributed by atoms with E-state index in [4.69, 9.17) is 10.5 Å². The van der Waals surface area contributed by atoms with Crippen molar-refractivity contribution in [1.82, 2.24) is 14.8 Å². The Balaban J connectivity index is 1.73. The number of carbonyl (C=O) groups is 1. The molecule has 0 saturated heterocycles. The molecule has 30 heavy (non-hydrogen) atoms. The van der Waals surface area contributed by atoms with Gasteiger partial charge in [-0.3, -0.25) is 5.32 Å². The van der Waals surface area contributed by atoms with Crippen LogP contribution in [0.25, 0.3) is 5.82 Å². The largest absolute Gasteiger partial charge is 0.449 e. The summed E-state index contributed by atoms with van der Waals surface area (Å²) in [5.74, 6) is 1.12. The minimum Gasteiger partial charge on any atom is -0.449 e. The van der Waals surface area contributed by atoms with Crippen LogP contribution in [0.15, 0.2) is 24.4 Å². The third kappa shape index (κ3) is 7.69. The van der Waals surface area contributed by atoms with E-state index in [9.17, 15) is 4.79 Å². The van der Waals surface area contributed by atoms with E-state index in [2.05, 4.69) is 43.1 Å². The van der Waals surface area contributed by atoms with E-state index in [1.807, 2.05) is 6.07 Å². The van der Waals surface area contributed by atoms with Gasteiger partial charge in [0.05, 0.1) is 24.2 Å². The van der Waals surface area contributed by atoms with Crippen LogP contribution in [-0.4, -0.2) is 27.5 Å². The van der Waals surface area contributed by atoms with Crippen LogP contribution in [0.1, 0.15) is 84.8 Å². The normalized spacial score (nSPS) is 11.5. The molecule has 0 aliphatic carbocycles. The summed E-state index contributed by atoms with van der Waals surface area (Å²) >= 11 is 0. The number of nitrogens with one attached hydrogen (secondary N) is 1. The lowest BCUT2D eigenvalue weighted by molar-refractivity contribution is 0.159. The summed E-state index contributed by atoms with van der Waals surface area (Å²) < 4.78 is 6.85. The van der Waals surface area contributed by atoms with Crippen LogP contribution in [0, 0.1) is 0 Å². The van der Waals surface area contributed by atoms with Gasteiger partial charge in [0.2, 0.25) is 0 Å². The molecule has 0 unspecified atom stereocenters. The van der Waals surface area contributed by atoms with E-state index < -0.39 is 6.09 Å². The number of pyridine rings is 1. The number of amides is 1. The van der Waals surface area contributed by atoms with Crippen molar-refractivity contribution in [1.29, 1.82) is 0 Å². The van der Waals surface area contributed by atoms with Crippen LogP contribution in [0.4, 0.5) is 16.3 Å². The monoisotopic (exact) mass is 415 g/mol. The highest BCUT2D eigenvalue weighted by atomic mass is 16.5. The number of anilines is 2. The van der Waals surface area contributed by atoms with Gasteiger partial charge in [0.1, 0.15) is 5.82 Å². The number of unbranched alkanes of at least 4 members (excludes halogenated alkanes) is 7. The third-order valence-electron chi connectivity index (χ3n) is 4.95. The SMILES string of the molecule is CCCCCCCCCCOC(=O)Nc1ccc(-n2nc(C(C)(C)C)cc2N)nc1. The lowest BCUT2D eigenvalue weighted by atomic mass is 9.92. The van der Waals surface area contributed by atoms with Crippen molar-refractivity contribution >= 4 is 17.6 Å². The first kappa shape index (κ1) is 23.7. The fourth-order valence-corrected chi connectivity index (χ4v) is 3.09. The zero-order valence-corrected chi connectivity index (χ0v) is 18.9. The highest BCUT2D eigenvalue weighted by Gasteiger charge is 2.19. The molecule has 3 N–H and O–H groups in total. The summed E-state index contributed by atoms with van der Waals surface area (Å²) in [6.07, 6.45) is 10.8. The van der Waals surface area contributed by atoms with Crippen molar-refractivity contribution in [3.8, 4) is 5.82 Å². The number of rotatable bonds is 11. The van der Waals surface area contributed by atoms with Crippen LogP contribution in [0.2, 0.25) is 0 Å². The summed E-state index contributed by atoms with van der Waals surface area (Å²) in [6.45, 7) is 8.91. The molecule has 0 fully saturated rings. The standard InChI is InChI=1S/C23H37N5O2/c1-5-6-7-8-9-10-11-12-15-30-22(29)26-18-13-14-21(25-17-18)28-20(24)16-19(27-28)23(2,3)4/h13-14,16-17H,5-12,15,24H2,1-4H3,(H,26,29). The number of ether oxygens (including phenoxy) is 1. The molecule has 0 atom stereocenters. The molecule has 2 heterocycles. The van der Waals surface area contributed by atoms with Crippen LogP contribution in [-0.2, 0) is 10.2 Å². The third-order valence-corrected chi connectivity index (χ3v) is 4.95. The summed E-state index contributed by atoms with van der Waals surface area (Å²) in [7, 11) is 0. The first-order chi connectivity index (χ1) is 14.3. The fraction of sp³-hybridized carbons (Fsp3) is 0.609. The highest BCUT2D eigenvalue weighted by molar-refractivity contribution is 5.84. The minimum atomic E-state index is -0.457. The van der Waals surface area contributed by atoms with E-state index >= 15 is 0 Å². The van der Waals surface area contributed by atoms with Crippen molar-refractivity contribution < 1.29 is 9.53 Å². The molecule has 7 heteroatoms. The van der Waals surface area contributed by atoms with Crippen LogP contribution < -0.4 is 11.1 Å². The Morgan fingerprint density at radius 1 is 1.10 bits per heavy atom. The Hall–Kier alpha value is -2.57. The topological polar surface area (TPSA) is 95.1 Å². The molecule has 0 radical (unpaired) electrons. The number of aromatic nitrogens is 3. The van der Waals surface area contributed by atoms with Crippen molar-refractivity contribution in [2.45, 2.75) is 84.5 Å². The Labute approximate surface area is 180 Å². The van der Waals surface area contributed by atoms with Gasteiger partial charge < -0.3 is 10.5 Å². The van der Waals surface area contributed by atoms with Gasteiger partial charge in [-0.05, 0) is 18.6 Å². The molecule has 0 saturated carbocycles. The van der Waals surface area contributed by atoms with Gasteiger partial charge in [-0.1, -0.05) is 72.6 Å². The average molecular weight is 416 g/mol. The lowest BCUT2D eigenvalue weighted by Crippen LogP contribution is -2.15. The maximum absolute atomic E-state index is 11.9. The fourth-order valence-electron chi connectivity index (χ4n) is 3.09. The lowest BCUT2D eigenvalue weighted by Gasteiger charge is -2.14. The summed E-state index contributed by atoms with van der Waals surface area (Å²) in [6, 6.07) is 5.39. The van der Waals surface area contributed by atoms with Crippen molar-refractivity contribution in [2.75, 3.05) is 17.7 Å². The van der Waals surface area contributed by atoms with Crippen LogP contribution in [0.3, 0.4) is 0 Å². The molecule has 2 aromatic rings. The summed E-state index contributed by atoms with van der Waals surface area (Å²) in [5.41, 5.74) is 7.45. The smallest absolute Gasteiger partial charge is 0.411 e. The molecule has 0 aliphatic heterocycles. The maximum atomic E-state index is 11.9. The molecule has 0 bridgehead atoms. The van der Waals surface area contributed by atoms with Gasteiger partial charge in [0.15, 0.2) is 5.82 Å². The predicted octanol–water partition coefficient (Wildman–Crippen LogP) is 5.84. The minimum absolute atomic E-state index is 0.0975. The average Bonchev–Trinajstić information content (AvgIpc) is 3.09. The van der Waals surface area contributed by atoms with Gasteiger partial charge in [-0.25, -0.2) is 9.78 Å².